The minimum atomic E-state index is 0.700. The third kappa shape index (κ3) is 3.93. The van der Waals surface area contributed by atoms with Gasteiger partial charge in [0.25, 0.3) is 0 Å². The van der Waals surface area contributed by atoms with E-state index in [0.717, 1.165) is 34.7 Å². The van der Waals surface area contributed by atoms with Crippen LogP contribution < -0.4 is 10.2 Å². The summed E-state index contributed by atoms with van der Waals surface area (Å²) in [5.74, 6) is 1.67. The van der Waals surface area contributed by atoms with Crippen LogP contribution in [-0.4, -0.2) is 23.6 Å². The Morgan fingerprint density at radius 2 is 2.25 bits per heavy atom. The first-order valence-corrected chi connectivity index (χ1v) is 8.29. The molecule has 0 spiro atoms. The summed E-state index contributed by atoms with van der Waals surface area (Å²) in [7, 11) is 2.06. The number of nitrogens with zero attached hydrogens (tertiary/aromatic N) is 3. The van der Waals surface area contributed by atoms with Crippen molar-refractivity contribution in [2.45, 2.75) is 26.8 Å². The molecule has 2 aromatic heterocycles. The topological polar surface area (TPSA) is 41.1 Å². The first-order chi connectivity index (χ1) is 9.60. The number of anilines is 2. The summed E-state index contributed by atoms with van der Waals surface area (Å²) in [6.45, 7) is 5.90. The maximum atomic E-state index is 4.61. The van der Waals surface area contributed by atoms with Gasteiger partial charge in [-0.3, -0.25) is 0 Å². The average Bonchev–Trinajstić information content (AvgIpc) is 2.83. The third-order valence-electron chi connectivity index (χ3n) is 2.88. The number of thiophene rings is 1. The maximum absolute atomic E-state index is 4.61. The van der Waals surface area contributed by atoms with E-state index < -0.39 is 0 Å². The van der Waals surface area contributed by atoms with Crippen molar-refractivity contribution in [3.63, 3.8) is 0 Å². The molecule has 0 bridgehead atoms. The van der Waals surface area contributed by atoms with Gasteiger partial charge in [0, 0.05) is 31.9 Å². The normalized spacial score (nSPS) is 10.6. The summed E-state index contributed by atoms with van der Waals surface area (Å²) < 4.78 is 1.16. The molecule has 0 unspecified atom stereocenters. The Balaban J connectivity index is 2.13. The molecule has 2 aromatic rings. The van der Waals surface area contributed by atoms with E-state index in [0.29, 0.717) is 5.95 Å². The predicted octanol–water partition coefficient (Wildman–Crippen LogP) is 4.07. The average molecular weight is 355 g/mol. The van der Waals surface area contributed by atoms with E-state index in [-0.39, 0.29) is 0 Å². The van der Waals surface area contributed by atoms with E-state index in [4.69, 9.17) is 0 Å². The highest BCUT2D eigenvalue weighted by atomic mass is 79.9. The van der Waals surface area contributed by atoms with Crippen LogP contribution in [0.15, 0.2) is 21.4 Å². The van der Waals surface area contributed by atoms with Gasteiger partial charge in [0.05, 0.1) is 3.79 Å². The summed E-state index contributed by atoms with van der Waals surface area (Å²) in [5, 5.41) is 5.39. The molecule has 0 aliphatic carbocycles. The highest BCUT2D eigenvalue weighted by Crippen LogP contribution is 2.24. The van der Waals surface area contributed by atoms with E-state index in [1.54, 1.807) is 11.3 Å². The van der Waals surface area contributed by atoms with Crippen LogP contribution >= 0.6 is 27.3 Å². The van der Waals surface area contributed by atoms with Crippen molar-refractivity contribution < 1.29 is 0 Å². The Morgan fingerprint density at radius 3 is 2.90 bits per heavy atom. The van der Waals surface area contributed by atoms with Crippen molar-refractivity contribution in [2.75, 3.05) is 23.8 Å². The molecular formula is C14H19BrN4S. The Hall–Kier alpha value is -1.14. The monoisotopic (exact) mass is 354 g/mol. The Morgan fingerprint density at radius 1 is 1.45 bits per heavy atom. The number of nitrogens with one attached hydrogen (secondary N) is 1. The molecule has 20 heavy (non-hydrogen) atoms. The number of aryl methyl sites for hydroxylation is 1. The molecule has 0 fully saturated rings. The van der Waals surface area contributed by atoms with Crippen molar-refractivity contribution in [2.24, 2.45) is 0 Å². The largest absolute Gasteiger partial charge is 0.355 e. The van der Waals surface area contributed by atoms with Crippen LogP contribution in [0.5, 0.6) is 0 Å². The van der Waals surface area contributed by atoms with Crippen LogP contribution in [-0.2, 0) is 6.54 Å². The predicted molar refractivity (Wildman–Crippen MR) is 89.7 cm³/mol. The highest BCUT2D eigenvalue weighted by Gasteiger charge is 2.10. The molecule has 6 heteroatoms. The van der Waals surface area contributed by atoms with Crippen LogP contribution in [0.1, 0.15) is 24.5 Å². The van der Waals surface area contributed by atoms with Crippen LogP contribution in [0.2, 0.25) is 0 Å². The molecule has 0 saturated carbocycles. The van der Waals surface area contributed by atoms with Gasteiger partial charge < -0.3 is 10.2 Å². The fourth-order valence-electron chi connectivity index (χ4n) is 1.92. The van der Waals surface area contributed by atoms with Gasteiger partial charge >= 0.3 is 0 Å². The molecule has 0 saturated heterocycles. The second-order valence-corrected chi connectivity index (χ2v) is 7.03. The van der Waals surface area contributed by atoms with Crippen molar-refractivity contribution in [3.05, 3.63) is 32.6 Å². The Kier molecular flexibility index (Phi) is 5.37. The summed E-state index contributed by atoms with van der Waals surface area (Å²) >= 11 is 5.20. The van der Waals surface area contributed by atoms with Crippen molar-refractivity contribution in [1.82, 2.24) is 9.97 Å². The smallest absolute Gasteiger partial charge is 0.224 e. The molecule has 0 amide bonds. The lowest BCUT2D eigenvalue weighted by atomic mass is 10.3. The summed E-state index contributed by atoms with van der Waals surface area (Å²) in [6, 6.07) is 2.15. The molecule has 0 aliphatic rings. The molecule has 2 rings (SSSR count). The second kappa shape index (κ2) is 7.04. The molecule has 0 aromatic carbocycles. The van der Waals surface area contributed by atoms with Gasteiger partial charge in [-0.2, -0.15) is 4.98 Å². The van der Waals surface area contributed by atoms with Crippen LogP contribution in [0.4, 0.5) is 11.8 Å². The van der Waals surface area contributed by atoms with Gasteiger partial charge in [0.2, 0.25) is 5.95 Å². The van der Waals surface area contributed by atoms with Gasteiger partial charge in [-0.15, -0.1) is 11.3 Å². The zero-order valence-corrected chi connectivity index (χ0v) is 14.4. The lowest BCUT2D eigenvalue weighted by molar-refractivity contribution is 0.878. The number of hydrogen-bond donors (Lipinski definition) is 1. The number of halogens is 1. The van der Waals surface area contributed by atoms with Gasteiger partial charge in [0.1, 0.15) is 5.82 Å². The van der Waals surface area contributed by atoms with Crippen LogP contribution in [0.25, 0.3) is 0 Å². The minimum Gasteiger partial charge on any atom is -0.355 e. The van der Waals surface area contributed by atoms with Crippen LogP contribution in [0, 0.1) is 6.92 Å². The highest BCUT2D eigenvalue weighted by molar-refractivity contribution is 9.11. The van der Waals surface area contributed by atoms with E-state index in [9.17, 15) is 0 Å². The molecule has 0 atom stereocenters. The molecule has 0 radical (unpaired) electrons. The molecule has 2 heterocycles. The van der Waals surface area contributed by atoms with E-state index in [1.165, 1.54) is 5.56 Å². The quantitative estimate of drug-likeness (QED) is 0.848. The van der Waals surface area contributed by atoms with E-state index >= 15 is 0 Å². The summed E-state index contributed by atoms with van der Waals surface area (Å²) in [4.78, 5) is 11.1. The number of hydrogen-bond acceptors (Lipinski definition) is 5. The number of rotatable bonds is 6. The first kappa shape index (κ1) is 15.3. The van der Waals surface area contributed by atoms with Gasteiger partial charge in [-0.25, -0.2) is 4.98 Å². The van der Waals surface area contributed by atoms with Crippen LogP contribution in [0.3, 0.4) is 0 Å². The summed E-state index contributed by atoms with van der Waals surface area (Å²) in [6.07, 6.45) is 2.94. The molecular weight excluding hydrogens is 336 g/mol. The fraction of sp³-hybridized carbons (Fsp3) is 0.429. The molecule has 1 N–H and O–H groups in total. The van der Waals surface area contributed by atoms with Crippen molar-refractivity contribution >= 4 is 39.0 Å². The summed E-state index contributed by atoms with van der Waals surface area (Å²) in [5.41, 5.74) is 2.37. The lowest BCUT2D eigenvalue weighted by Gasteiger charge is -2.20. The zero-order chi connectivity index (χ0) is 14.5. The Labute approximate surface area is 132 Å². The fourth-order valence-corrected chi connectivity index (χ4v) is 3.12. The van der Waals surface area contributed by atoms with E-state index in [1.807, 2.05) is 13.1 Å². The maximum Gasteiger partial charge on any atom is 0.224 e. The molecule has 4 nitrogen and oxygen atoms in total. The standard InChI is InChI=1S/C14H19BrN4S/c1-4-5-16-14-17-7-10(2)13(18-14)19(3)8-11-6-12(15)20-9-11/h6-7,9H,4-5,8H2,1-3H3,(H,16,17,18). The van der Waals surface area contributed by atoms with Crippen molar-refractivity contribution in [1.29, 1.82) is 0 Å². The Bertz CT molecular complexity index is 570. The first-order valence-electron chi connectivity index (χ1n) is 6.61. The number of aromatic nitrogens is 2. The minimum absolute atomic E-state index is 0.700. The lowest BCUT2D eigenvalue weighted by Crippen LogP contribution is -2.19. The van der Waals surface area contributed by atoms with Gasteiger partial charge in [-0.05, 0) is 46.3 Å². The third-order valence-corrected chi connectivity index (χ3v) is 4.43. The molecule has 0 aliphatic heterocycles. The zero-order valence-electron chi connectivity index (χ0n) is 12.0. The van der Waals surface area contributed by atoms with Gasteiger partial charge in [-0.1, -0.05) is 6.92 Å². The SMILES string of the molecule is CCCNc1ncc(C)c(N(C)Cc2csc(Br)c2)n1. The van der Waals surface area contributed by atoms with Gasteiger partial charge in [0.15, 0.2) is 0 Å². The van der Waals surface area contributed by atoms with Crippen molar-refractivity contribution in [3.8, 4) is 0 Å². The second-order valence-electron chi connectivity index (χ2n) is 4.74. The van der Waals surface area contributed by atoms with E-state index in [2.05, 4.69) is 61.5 Å². The molecule has 108 valence electrons.